The van der Waals surface area contributed by atoms with Crippen LogP contribution in [-0.2, 0) is 0 Å². The molecular weight excluding hydrogens is 238 g/mol. The third-order valence-corrected chi connectivity index (χ3v) is 3.89. The maximum atomic E-state index is 10.0. The molecule has 100 valence electrons. The Balaban J connectivity index is 1.84. The zero-order valence-electron chi connectivity index (χ0n) is 11.2. The van der Waals surface area contributed by atoms with Gasteiger partial charge in [0.15, 0.2) is 0 Å². The number of aryl methyl sites for hydroxylation is 1. The van der Waals surface area contributed by atoms with Crippen LogP contribution in [0.15, 0.2) is 30.5 Å². The fourth-order valence-electron chi connectivity index (χ4n) is 2.70. The van der Waals surface area contributed by atoms with Crippen LogP contribution in [0, 0.1) is 6.92 Å². The summed E-state index contributed by atoms with van der Waals surface area (Å²) < 4.78 is 1.83. The topological polar surface area (TPSA) is 50.9 Å². The second-order valence-electron chi connectivity index (χ2n) is 5.37. The predicted octanol–water partition coefficient (Wildman–Crippen LogP) is 2.73. The first-order chi connectivity index (χ1) is 9.24. The fraction of sp³-hybridized carbons (Fsp3) is 0.467. The molecule has 1 heterocycles. The molecule has 1 fully saturated rings. The normalized spacial score (nSPS) is 23.5. The molecule has 1 aliphatic rings. The van der Waals surface area contributed by atoms with Crippen LogP contribution < -0.4 is 0 Å². The summed E-state index contributed by atoms with van der Waals surface area (Å²) in [5, 5.41) is 18.5. The molecule has 1 aromatic carbocycles. The van der Waals surface area contributed by atoms with E-state index in [1.165, 1.54) is 5.56 Å². The number of nitrogens with zero attached hydrogens (tertiary/aromatic N) is 3. The van der Waals surface area contributed by atoms with E-state index in [1.807, 2.05) is 10.9 Å². The van der Waals surface area contributed by atoms with Crippen LogP contribution in [0.1, 0.15) is 37.3 Å². The average Bonchev–Trinajstić information content (AvgIpc) is 2.89. The van der Waals surface area contributed by atoms with Gasteiger partial charge in [-0.25, -0.2) is 4.68 Å². The second-order valence-corrected chi connectivity index (χ2v) is 5.37. The fourth-order valence-corrected chi connectivity index (χ4v) is 2.70. The van der Waals surface area contributed by atoms with Gasteiger partial charge in [-0.15, -0.1) is 5.10 Å². The lowest BCUT2D eigenvalue weighted by Crippen LogP contribution is -2.27. The van der Waals surface area contributed by atoms with Gasteiger partial charge in [-0.1, -0.05) is 47.9 Å². The molecule has 3 rings (SSSR count). The average molecular weight is 257 g/mol. The summed E-state index contributed by atoms with van der Waals surface area (Å²) in [7, 11) is 0. The van der Waals surface area contributed by atoms with Gasteiger partial charge >= 0.3 is 0 Å². The van der Waals surface area contributed by atoms with E-state index in [4.69, 9.17) is 0 Å². The standard InChI is InChI=1S/C15H19N3O/c1-11-6-8-12(9-7-11)13-10-18(17-16-13)14-4-2-3-5-15(14)19/h6-10,14-15,19H,2-5H2,1H3/t14-,15-/m0/s1. The van der Waals surface area contributed by atoms with Crippen molar-refractivity contribution in [2.75, 3.05) is 0 Å². The van der Waals surface area contributed by atoms with Crippen LogP contribution in [-0.4, -0.2) is 26.2 Å². The highest BCUT2D eigenvalue weighted by atomic mass is 16.3. The lowest BCUT2D eigenvalue weighted by molar-refractivity contribution is 0.0685. The van der Waals surface area contributed by atoms with Crippen molar-refractivity contribution >= 4 is 0 Å². The molecule has 0 amide bonds. The minimum Gasteiger partial charge on any atom is -0.391 e. The highest BCUT2D eigenvalue weighted by Crippen LogP contribution is 2.29. The van der Waals surface area contributed by atoms with E-state index < -0.39 is 0 Å². The van der Waals surface area contributed by atoms with Gasteiger partial charge in [0.1, 0.15) is 5.69 Å². The maximum Gasteiger partial charge on any atom is 0.113 e. The molecule has 2 atom stereocenters. The van der Waals surface area contributed by atoms with Crippen LogP contribution in [0.4, 0.5) is 0 Å². The summed E-state index contributed by atoms with van der Waals surface area (Å²) in [6, 6.07) is 8.34. The van der Waals surface area contributed by atoms with E-state index >= 15 is 0 Å². The SMILES string of the molecule is Cc1ccc(-c2cn([C@H]3CCCC[C@@H]3O)nn2)cc1. The van der Waals surface area contributed by atoms with Crippen LogP contribution in [0.5, 0.6) is 0 Å². The summed E-state index contributed by atoms with van der Waals surface area (Å²) in [5.74, 6) is 0. The summed E-state index contributed by atoms with van der Waals surface area (Å²) >= 11 is 0. The smallest absolute Gasteiger partial charge is 0.113 e. The highest BCUT2D eigenvalue weighted by molar-refractivity contribution is 5.57. The van der Waals surface area contributed by atoms with Gasteiger partial charge < -0.3 is 5.11 Å². The minimum absolute atomic E-state index is 0.0837. The van der Waals surface area contributed by atoms with Gasteiger partial charge in [-0.05, 0) is 19.8 Å². The van der Waals surface area contributed by atoms with Crippen molar-refractivity contribution in [1.29, 1.82) is 0 Å². The Kier molecular flexibility index (Phi) is 3.34. The monoisotopic (exact) mass is 257 g/mol. The molecule has 2 aromatic rings. The first-order valence-electron chi connectivity index (χ1n) is 6.91. The Hall–Kier alpha value is -1.68. The van der Waals surface area contributed by atoms with Crippen molar-refractivity contribution in [3.63, 3.8) is 0 Å². The molecule has 0 bridgehead atoms. The minimum atomic E-state index is -0.290. The Labute approximate surface area is 113 Å². The van der Waals surface area contributed by atoms with Gasteiger partial charge in [0.2, 0.25) is 0 Å². The van der Waals surface area contributed by atoms with E-state index in [1.54, 1.807) is 0 Å². The Morgan fingerprint density at radius 2 is 1.89 bits per heavy atom. The molecule has 19 heavy (non-hydrogen) atoms. The predicted molar refractivity (Wildman–Crippen MR) is 73.7 cm³/mol. The van der Waals surface area contributed by atoms with Crippen molar-refractivity contribution in [1.82, 2.24) is 15.0 Å². The van der Waals surface area contributed by atoms with Crippen LogP contribution in [0.3, 0.4) is 0 Å². The van der Waals surface area contributed by atoms with Crippen molar-refractivity contribution < 1.29 is 5.11 Å². The molecule has 0 spiro atoms. The first-order valence-corrected chi connectivity index (χ1v) is 6.91. The van der Waals surface area contributed by atoms with Gasteiger partial charge in [-0.3, -0.25) is 0 Å². The van der Waals surface area contributed by atoms with Gasteiger partial charge in [-0.2, -0.15) is 0 Å². The number of benzene rings is 1. The maximum absolute atomic E-state index is 10.0. The lowest BCUT2D eigenvalue weighted by atomic mass is 9.93. The summed E-state index contributed by atoms with van der Waals surface area (Å²) in [4.78, 5) is 0. The van der Waals surface area contributed by atoms with E-state index in [2.05, 4.69) is 41.5 Å². The molecule has 0 aliphatic heterocycles. The number of hydrogen-bond acceptors (Lipinski definition) is 3. The second kappa shape index (κ2) is 5.13. The molecule has 4 heteroatoms. The molecule has 1 aromatic heterocycles. The Bertz CT molecular complexity index is 547. The largest absolute Gasteiger partial charge is 0.391 e. The van der Waals surface area contributed by atoms with E-state index in [9.17, 15) is 5.11 Å². The molecular formula is C15H19N3O. The van der Waals surface area contributed by atoms with Crippen molar-refractivity contribution in [3.8, 4) is 11.3 Å². The summed E-state index contributed by atoms with van der Waals surface area (Å²) in [5.41, 5.74) is 3.18. The van der Waals surface area contributed by atoms with E-state index in [0.29, 0.717) is 0 Å². The van der Waals surface area contributed by atoms with Gasteiger partial charge in [0.25, 0.3) is 0 Å². The molecule has 1 aliphatic carbocycles. The number of hydrogen-bond donors (Lipinski definition) is 1. The number of aromatic nitrogens is 3. The van der Waals surface area contributed by atoms with Crippen LogP contribution in [0.2, 0.25) is 0 Å². The number of aliphatic hydroxyl groups is 1. The molecule has 0 unspecified atom stereocenters. The number of aliphatic hydroxyl groups excluding tert-OH is 1. The third-order valence-electron chi connectivity index (χ3n) is 3.89. The van der Waals surface area contributed by atoms with Crippen LogP contribution >= 0.6 is 0 Å². The van der Waals surface area contributed by atoms with Gasteiger partial charge in [0.05, 0.1) is 18.3 Å². The molecule has 1 N–H and O–H groups in total. The van der Waals surface area contributed by atoms with Crippen LogP contribution in [0.25, 0.3) is 11.3 Å². The molecule has 0 radical (unpaired) electrons. The van der Waals surface area contributed by atoms with Crippen molar-refractivity contribution in [3.05, 3.63) is 36.0 Å². The van der Waals surface area contributed by atoms with E-state index in [-0.39, 0.29) is 12.1 Å². The molecule has 4 nitrogen and oxygen atoms in total. The summed E-state index contributed by atoms with van der Waals surface area (Å²) in [6.45, 7) is 2.07. The quantitative estimate of drug-likeness (QED) is 0.900. The third kappa shape index (κ3) is 2.54. The number of rotatable bonds is 2. The Morgan fingerprint density at radius 1 is 1.16 bits per heavy atom. The zero-order valence-corrected chi connectivity index (χ0v) is 11.2. The molecule has 0 saturated heterocycles. The summed E-state index contributed by atoms with van der Waals surface area (Å²) in [6.07, 6.45) is 5.77. The Morgan fingerprint density at radius 3 is 2.63 bits per heavy atom. The zero-order chi connectivity index (χ0) is 13.2. The van der Waals surface area contributed by atoms with Crippen molar-refractivity contribution in [2.24, 2.45) is 0 Å². The first kappa shape index (κ1) is 12.4. The van der Waals surface area contributed by atoms with Gasteiger partial charge in [0, 0.05) is 5.56 Å². The molecule has 1 saturated carbocycles. The lowest BCUT2D eigenvalue weighted by Gasteiger charge is -2.27. The highest BCUT2D eigenvalue weighted by Gasteiger charge is 2.25. The van der Waals surface area contributed by atoms with E-state index in [0.717, 1.165) is 36.9 Å². The van der Waals surface area contributed by atoms with Crippen molar-refractivity contribution in [2.45, 2.75) is 44.8 Å².